The number of aromatic nitrogens is 2. The van der Waals surface area contributed by atoms with Crippen LogP contribution in [0.2, 0.25) is 0 Å². The summed E-state index contributed by atoms with van der Waals surface area (Å²) in [5, 5.41) is 21.3. The van der Waals surface area contributed by atoms with Crippen molar-refractivity contribution in [1.29, 1.82) is 5.26 Å². The van der Waals surface area contributed by atoms with Crippen LogP contribution >= 0.6 is 12.2 Å². The van der Waals surface area contributed by atoms with Gasteiger partial charge in [0, 0.05) is 18.2 Å². The molecule has 1 heterocycles. The van der Waals surface area contributed by atoms with Gasteiger partial charge in [-0.2, -0.15) is 10.4 Å². The van der Waals surface area contributed by atoms with E-state index in [1.165, 1.54) is 12.3 Å². The third-order valence-electron chi connectivity index (χ3n) is 2.94. The van der Waals surface area contributed by atoms with Crippen molar-refractivity contribution in [3.05, 3.63) is 52.7 Å². The van der Waals surface area contributed by atoms with Crippen molar-refractivity contribution in [3.8, 4) is 6.07 Å². The van der Waals surface area contributed by atoms with E-state index < -0.39 is 28.8 Å². The normalized spacial score (nSPS) is 10.1. The molecule has 2 rings (SSSR count). The van der Waals surface area contributed by atoms with E-state index in [-0.39, 0.29) is 35.5 Å². The predicted octanol–water partition coefficient (Wildman–Crippen LogP) is 2.43. The molecule has 0 aliphatic rings. The molecule has 0 amide bonds. The number of hydrogen-bond donors (Lipinski definition) is 2. The van der Waals surface area contributed by atoms with Crippen LogP contribution in [0, 0.1) is 34.6 Å². The van der Waals surface area contributed by atoms with Crippen LogP contribution in [0.1, 0.15) is 11.1 Å². The van der Waals surface area contributed by atoms with Gasteiger partial charge in [0.2, 0.25) is 0 Å². The van der Waals surface area contributed by atoms with E-state index >= 15 is 0 Å². The van der Waals surface area contributed by atoms with Gasteiger partial charge in [-0.05, 0) is 24.7 Å². The van der Waals surface area contributed by atoms with Crippen LogP contribution in [-0.4, -0.2) is 21.9 Å². The zero-order chi connectivity index (χ0) is 17.7. The van der Waals surface area contributed by atoms with Gasteiger partial charge in [-0.25, -0.2) is 17.6 Å². The third kappa shape index (κ3) is 3.94. The Labute approximate surface area is 139 Å². The van der Waals surface area contributed by atoms with E-state index in [9.17, 15) is 17.6 Å². The molecule has 2 aromatic rings. The molecule has 1 aromatic carbocycles. The van der Waals surface area contributed by atoms with Crippen molar-refractivity contribution in [1.82, 2.24) is 15.5 Å². The highest BCUT2D eigenvalue weighted by atomic mass is 32.1. The Morgan fingerprint density at radius 3 is 2.50 bits per heavy atom. The minimum Gasteiger partial charge on any atom is -0.362 e. The van der Waals surface area contributed by atoms with Crippen molar-refractivity contribution >= 4 is 23.1 Å². The molecular weight excluding hydrogens is 346 g/mol. The number of nitrogens with zero attached hydrogens (tertiary/aromatic N) is 3. The van der Waals surface area contributed by atoms with Gasteiger partial charge < -0.3 is 10.6 Å². The second-order valence-corrected chi connectivity index (χ2v) is 4.89. The highest BCUT2D eigenvalue weighted by molar-refractivity contribution is 7.80. The number of anilines is 1. The highest BCUT2D eigenvalue weighted by Crippen LogP contribution is 2.19. The zero-order valence-corrected chi connectivity index (χ0v) is 12.7. The molecule has 0 radical (unpaired) electrons. The fourth-order valence-corrected chi connectivity index (χ4v) is 2.01. The number of nitrogens with one attached hydrogen (secondary N) is 2. The molecule has 0 aliphatic carbocycles. The molecule has 5 nitrogen and oxygen atoms in total. The van der Waals surface area contributed by atoms with E-state index in [2.05, 4.69) is 20.8 Å². The predicted molar refractivity (Wildman–Crippen MR) is 80.9 cm³/mol. The average molecular weight is 355 g/mol. The summed E-state index contributed by atoms with van der Waals surface area (Å²) in [6, 6.07) is 3.43. The molecule has 2 N–H and O–H groups in total. The molecule has 10 heteroatoms. The van der Waals surface area contributed by atoms with Crippen LogP contribution in [0.3, 0.4) is 0 Å². The molecule has 0 saturated carbocycles. The summed E-state index contributed by atoms with van der Waals surface area (Å²) in [4.78, 5) is 0. The van der Waals surface area contributed by atoms with Gasteiger partial charge in [0.05, 0.1) is 11.8 Å². The van der Waals surface area contributed by atoms with E-state index in [0.717, 1.165) is 0 Å². The molecule has 0 bridgehead atoms. The van der Waals surface area contributed by atoms with Crippen molar-refractivity contribution < 1.29 is 17.6 Å². The summed E-state index contributed by atoms with van der Waals surface area (Å²) in [5.41, 5.74) is -0.529. The van der Waals surface area contributed by atoms with E-state index in [0.29, 0.717) is 0 Å². The maximum Gasteiger partial charge on any atom is 0.172 e. The Morgan fingerprint density at radius 2 is 1.88 bits per heavy atom. The average Bonchev–Trinajstić information content (AvgIpc) is 2.56. The molecule has 124 valence electrons. The fraction of sp³-hybridized carbons (Fsp3) is 0.143. The van der Waals surface area contributed by atoms with Crippen LogP contribution in [0.4, 0.5) is 23.4 Å². The molecule has 0 unspecified atom stereocenters. The Morgan fingerprint density at radius 1 is 1.21 bits per heavy atom. The number of halogens is 4. The van der Waals surface area contributed by atoms with Gasteiger partial charge in [0.1, 0.15) is 6.07 Å². The maximum atomic E-state index is 13.5. The topological polar surface area (TPSA) is 73.6 Å². The second kappa shape index (κ2) is 7.65. The SMILES string of the molecule is N#Cc1ccnnc1NC(=S)NCCc1c(F)c(F)cc(F)c1F. The van der Waals surface area contributed by atoms with Crippen LogP contribution in [0.25, 0.3) is 0 Å². The second-order valence-electron chi connectivity index (χ2n) is 4.48. The van der Waals surface area contributed by atoms with Crippen LogP contribution in [0.5, 0.6) is 0 Å². The molecule has 0 saturated heterocycles. The minimum absolute atomic E-state index is 0.00434. The Kier molecular flexibility index (Phi) is 5.59. The minimum atomic E-state index is -1.47. The van der Waals surface area contributed by atoms with Gasteiger partial charge in [-0.3, -0.25) is 0 Å². The number of benzene rings is 1. The third-order valence-corrected chi connectivity index (χ3v) is 3.18. The van der Waals surface area contributed by atoms with Gasteiger partial charge in [0.25, 0.3) is 0 Å². The van der Waals surface area contributed by atoms with Crippen molar-refractivity contribution in [2.24, 2.45) is 0 Å². The lowest BCUT2D eigenvalue weighted by Gasteiger charge is -2.11. The largest absolute Gasteiger partial charge is 0.362 e. The summed E-state index contributed by atoms with van der Waals surface area (Å²) in [6.45, 7) is -0.106. The lowest BCUT2D eigenvalue weighted by Crippen LogP contribution is -2.31. The zero-order valence-electron chi connectivity index (χ0n) is 11.9. The summed E-state index contributed by atoms with van der Waals surface area (Å²) < 4.78 is 53.2. The lowest BCUT2D eigenvalue weighted by atomic mass is 10.1. The molecular formula is C14H9F4N5S. The van der Waals surface area contributed by atoms with Crippen molar-refractivity contribution in [2.45, 2.75) is 6.42 Å². The monoisotopic (exact) mass is 355 g/mol. The lowest BCUT2D eigenvalue weighted by molar-refractivity contribution is 0.438. The van der Waals surface area contributed by atoms with Gasteiger partial charge in [-0.1, -0.05) is 0 Å². The van der Waals surface area contributed by atoms with Crippen molar-refractivity contribution in [2.75, 3.05) is 11.9 Å². The van der Waals surface area contributed by atoms with Crippen LogP contribution in [0.15, 0.2) is 18.3 Å². The van der Waals surface area contributed by atoms with Crippen LogP contribution < -0.4 is 10.6 Å². The number of thiocarbonyl (C=S) groups is 1. The first-order chi connectivity index (χ1) is 11.4. The first-order valence-corrected chi connectivity index (χ1v) is 6.93. The number of hydrogen-bond acceptors (Lipinski definition) is 4. The van der Waals surface area contributed by atoms with Gasteiger partial charge >= 0.3 is 0 Å². The molecule has 0 fully saturated rings. The molecule has 0 aliphatic heterocycles. The van der Waals surface area contributed by atoms with E-state index in [4.69, 9.17) is 17.5 Å². The van der Waals surface area contributed by atoms with E-state index in [1.54, 1.807) is 0 Å². The first-order valence-electron chi connectivity index (χ1n) is 6.52. The molecule has 24 heavy (non-hydrogen) atoms. The first kappa shape index (κ1) is 17.6. The standard InChI is InChI=1S/C14H9F4N5S/c15-9-5-10(16)12(18)8(11(9)17)2-3-20-14(24)22-13-7(6-19)1-4-21-23-13/h1,4-5H,2-3H2,(H2,20,22,23,24). The van der Waals surface area contributed by atoms with E-state index in [1.807, 2.05) is 6.07 Å². The molecule has 0 spiro atoms. The fourth-order valence-electron chi connectivity index (χ4n) is 1.81. The molecule has 0 atom stereocenters. The summed E-state index contributed by atoms with van der Waals surface area (Å²) in [5.74, 6) is -5.73. The Hall–Kier alpha value is -2.80. The van der Waals surface area contributed by atoms with Gasteiger partial charge in [-0.15, -0.1) is 5.10 Å². The number of nitriles is 1. The van der Waals surface area contributed by atoms with Gasteiger partial charge in [0.15, 0.2) is 34.2 Å². The Bertz CT molecular complexity index is 795. The van der Waals surface area contributed by atoms with Crippen LogP contribution in [-0.2, 0) is 6.42 Å². The summed E-state index contributed by atoms with van der Waals surface area (Å²) in [6.07, 6.45) is 0.976. The highest BCUT2D eigenvalue weighted by Gasteiger charge is 2.18. The smallest absolute Gasteiger partial charge is 0.172 e. The Balaban J connectivity index is 1.98. The maximum absolute atomic E-state index is 13.5. The summed E-state index contributed by atoms with van der Waals surface area (Å²) >= 11 is 4.94. The summed E-state index contributed by atoms with van der Waals surface area (Å²) in [7, 11) is 0. The number of rotatable bonds is 4. The van der Waals surface area contributed by atoms with Crippen molar-refractivity contribution in [3.63, 3.8) is 0 Å². The molecule has 1 aromatic heterocycles. The quantitative estimate of drug-likeness (QED) is 0.499.